The normalized spacial score (nSPS) is 10.8. The van der Waals surface area contributed by atoms with Crippen LogP contribution in [0, 0.1) is 5.82 Å². The first-order valence-corrected chi connectivity index (χ1v) is 13.0. The highest BCUT2D eigenvalue weighted by atomic mass is 32.2. The van der Waals surface area contributed by atoms with E-state index < -0.39 is 0 Å². The smallest absolute Gasteiger partial charge is 0.242 e. The summed E-state index contributed by atoms with van der Waals surface area (Å²) in [4.78, 5) is 43.5. The molecular weight excluding hydrogens is 503 g/mol. The van der Waals surface area contributed by atoms with Crippen molar-refractivity contribution in [2.75, 3.05) is 18.8 Å². The molecule has 0 N–H and O–H groups in total. The minimum absolute atomic E-state index is 0.0295. The summed E-state index contributed by atoms with van der Waals surface area (Å²) in [5, 5.41) is 0.417. The van der Waals surface area contributed by atoms with Gasteiger partial charge >= 0.3 is 0 Å². The summed E-state index contributed by atoms with van der Waals surface area (Å²) in [6, 6.07) is 22.2. The van der Waals surface area contributed by atoms with Gasteiger partial charge in [-0.2, -0.15) is 0 Å². The number of nitrogens with zero attached hydrogens (tertiary/aromatic N) is 2. The Kier molecular flexibility index (Phi) is 9.11. The molecule has 0 atom stereocenters. The predicted octanol–water partition coefficient (Wildman–Crippen LogP) is 5.27. The summed E-state index contributed by atoms with van der Waals surface area (Å²) < 4.78 is 19.1. The van der Waals surface area contributed by atoms with Crippen LogP contribution >= 0.6 is 11.8 Å². The third-order valence-electron chi connectivity index (χ3n) is 5.89. The van der Waals surface area contributed by atoms with Crippen molar-refractivity contribution >= 4 is 34.5 Å². The number of carbonyl (C=O) groups is 2. The molecule has 0 saturated heterocycles. The number of hydrogen-bond acceptors (Lipinski definition) is 5. The first-order chi connectivity index (χ1) is 18.4. The van der Waals surface area contributed by atoms with E-state index in [-0.39, 0.29) is 55.0 Å². The Balaban J connectivity index is 1.55. The van der Waals surface area contributed by atoms with Gasteiger partial charge in [0.25, 0.3) is 0 Å². The van der Waals surface area contributed by atoms with E-state index in [0.29, 0.717) is 22.1 Å². The van der Waals surface area contributed by atoms with E-state index in [1.165, 1.54) is 40.0 Å². The molecule has 38 heavy (non-hydrogen) atoms. The topological polar surface area (TPSA) is 70.8 Å². The lowest BCUT2D eigenvalue weighted by molar-refractivity contribution is -0.139. The minimum atomic E-state index is -0.388. The zero-order chi connectivity index (χ0) is 26.9. The van der Waals surface area contributed by atoms with Crippen molar-refractivity contribution in [2.45, 2.75) is 18.0 Å². The lowest BCUT2D eigenvalue weighted by Crippen LogP contribution is -2.43. The summed E-state index contributed by atoms with van der Waals surface area (Å²) >= 11 is 1.39. The molecule has 1 heterocycles. The van der Waals surface area contributed by atoms with Gasteiger partial charge in [-0.25, -0.2) is 4.39 Å². The zero-order valence-electron chi connectivity index (χ0n) is 20.7. The number of thioether (sulfide) groups is 1. The Labute approximate surface area is 224 Å². The first kappa shape index (κ1) is 26.9. The minimum Gasteiger partial charge on any atom is -0.464 e. The molecule has 8 heteroatoms. The molecule has 0 saturated carbocycles. The molecule has 0 fully saturated rings. The average molecular weight is 531 g/mol. The molecule has 0 unspecified atom stereocenters. The number of hydrogen-bond donors (Lipinski definition) is 0. The summed E-state index contributed by atoms with van der Waals surface area (Å²) in [5.74, 6) is -0.793. The third kappa shape index (κ3) is 6.98. The maximum absolute atomic E-state index is 13.5. The van der Waals surface area contributed by atoms with E-state index in [1.807, 2.05) is 30.3 Å². The van der Waals surface area contributed by atoms with Crippen molar-refractivity contribution in [2.24, 2.45) is 0 Å². The number of carbonyl (C=O) groups excluding carboxylic acids is 2. The zero-order valence-corrected chi connectivity index (χ0v) is 21.5. The molecule has 4 rings (SSSR count). The average Bonchev–Trinajstić information content (AvgIpc) is 2.94. The SMILES string of the molecule is C=CCN(CC(=O)N(Cc1ccc(F)cc1)Cc1coc2ccccc2c1=O)C(=O)CSc1ccccc1. The van der Waals surface area contributed by atoms with Crippen molar-refractivity contribution in [3.63, 3.8) is 0 Å². The highest BCUT2D eigenvalue weighted by molar-refractivity contribution is 8.00. The molecule has 0 radical (unpaired) electrons. The van der Waals surface area contributed by atoms with Gasteiger partial charge in [-0.05, 0) is 42.0 Å². The Bertz CT molecular complexity index is 1470. The van der Waals surface area contributed by atoms with E-state index in [2.05, 4.69) is 6.58 Å². The number of rotatable bonds is 11. The molecule has 0 bridgehead atoms. The van der Waals surface area contributed by atoms with Crippen LogP contribution in [0.2, 0.25) is 0 Å². The molecule has 4 aromatic rings. The van der Waals surface area contributed by atoms with Crippen molar-refractivity contribution in [1.29, 1.82) is 0 Å². The van der Waals surface area contributed by atoms with Crippen molar-refractivity contribution in [3.05, 3.63) is 125 Å². The van der Waals surface area contributed by atoms with Gasteiger partial charge in [-0.15, -0.1) is 18.3 Å². The highest BCUT2D eigenvalue weighted by Gasteiger charge is 2.23. The van der Waals surface area contributed by atoms with E-state index in [1.54, 1.807) is 42.5 Å². The van der Waals surface area contributed by atoms with Gasteiger partial charge in [0.2, 0.25) is 11.8 Å². The molecule has 6 nitrogen and oxygen atoms in total. The molecule has 0 spiro atoms. The largest absolute Gasteiger partial charge is 0.464 e. The Morgan fingerprint density at radius 2 is 1.61 bits per heavy atom. The van der Waals surface area contributed by atoms with Crippen LogP contribution in [0.1, 0.15) is 11.1 Å². The van der Waals surface area contributed by atoms with Gasteiger partial charge in [-0.1, -0.05) is 48.5 Å². The van der Waals surface area contributed by atoms with Crippen LogP contribution in [-0.4, -0.2) is 40.5 Å². The van der Waals surface area contributed by atoms with Crippen molar-refractivity contribution in [1.82, 2.24) is 9.80 Å². The summed E-state index contributed by atoms with van der Waals surface area (Å²) in [5.41, 5.74) is 1.21. The lowest BCUT2D eigenvalue weighted by atomic mass is 10.1. The number of fused-ring (bicyclic) bond motifs is 1. The number of para-hydroxylation sites is 1. The van der Waals surface area contributed by atoms with Crippen LogP contribution in [0.15, 0.2) is 112 Å². The lowest BCUT2D eigenvalue weighted by Gasteiger charge is -2.27. The molecule has 194 valence electrons. The maximum Gasteiger partial charge on any atom is 0.242 e. The van der Waals surface area contributed by atoms with Gasteiger partial charge in [0.05, 0.1) is 29.5 Å². The third-order valence-corrected chi connectivity index (χ3v) is 6.88. The number of halogens is 1. The van der Waals surface area contributed by atoms with Crippen LogP contribution in [0.4, 0.5) is 4.39 Å². The fraction of sp³-hybridized carbons (Fsp3) is 0.167. The molecule has 0 aliphatic carbocycles. The number of amides is 2. The second-order valence-electron chi connectivity index (χ2n) is 8.63. The van der Waals surface area contributed by atoms with Gasteiger partial charge in [0.15, 0.2) is 5.43 Å². The number of benzene rings is 3. The quantitative estimate of drug-likeness (QED) is 0.195. The standard InChI is InChI=1S/C30H27FN2O4S/c1-2-16-32(29(35)21-38-25-8-4-3-5-9-25)19-28(34)33(17-22-12-14-24(31)15-13-22)18-23-20-37-27-11-7-6-10-26(27)30(23)36/h2-15,20H,1,16-19,21H2. The molecule has 3 aromatic carbocycles. The molecule has 0 aliphatic rings. The van der Waals surface area contributed by atoms with Crippen molar-refractivity contribution in [3.8, 4) is 0 Å². The summed E-state index contributed by atoms with van der Waals surface area (Å²) in [6.45, 7) is 3.82. The Hall–Kier alpha value is -4.17. The molecule has 0 aliphatic heterocycles. The van der Waals surface area contributed by atoms with E-state index in [9.17, 15) is 18.8 Å². The maximum atomic E-state index is 13.5. The van der Waals surface area contributed by atoms with Gasteiger partial charge in [0, 0.05) is 18.0 Å². The second-order valence-corrected chi connectivity index (χ2v) is 9.68. The summed E-state index contributed by atoms with van der Waals surface area (Å²) in [7, 11) is 0. The predicted molar refractivity (Wildman–Crippen MR) is 147 cm³/mol. The molecular formula is C30H27FN2O4S. The van der Waals surface area contributed by atoms with Crippen LogP contribution in [0.25, 0.3) is 11.0 Å². The molecule has 1 aromatic heterocycles. The monoisotopic (exact) mass is 530 g/mol. The fourth-order valence-electron chi connectivity index (χ4n) is 3.90. The van der Waals surface area contributed by atoms with Gasteiger partial charge in [0.1, 0.15) is 17.9 Å². The van der Waals surface area contributed by atoms with Crippen LogP contribution in [0.5, 0.6) is 0 Å². The van der Waals surface area contributed by atoms with Gasteiger partial charge < -0.3 is 14.2 Å². The highest BCUT2D eigenvalue weighted by Crippen LogP contribution is 2.18. The van der Waals surface area contributed by atoms with Crippen molar-refractivity contribution < 1.29 is 18.4 Å². The summed E-state index contributed by atoms with van der Waals surface area (Å²) in [6.07, 6.45) is 2.93. The van der Waals surface area contributed by atoms with Crippen LogP contribution in [-0.2, 0) is 22.7 Å². The van der Waals surface area contributed by atoms with E-state index >= 15 is 0 Å². The molecule has 2 amide bonds. The Morgan fingerprint density at radius 3 is 2.34 bits per heavy atom. The van der Waals surface area contributed by atoms with Crippen LogP contribution < -0.4 is 5.43 Å². The Morgan fingerprint density at radius 1 is 0.895 bits per heavy atom. The second kappa shape index (κ2) is 12.9. The fourth-order valence-corrected chi connectivity index (χ4v) is 4.72. The van der Waals surface area contributed by atoms with Crippen LogP contribution in [0.3, 0.4) is 0 Å². The van der Waals surface area contributed by atoms with E-state index in [0.717, 1.165) is 4.90 Å². The van der Waals surface area contributed by atoms with Gasteiger partial charge in [-0.3, -0.25) is 14.4 Å². The van der Waals surface area contributed by atoms with E-state index in [4.69, 9.17) is 4.42 Å². The first-order valence-electron chi connectivity index (χ1n) is 12.0.